The molecule has 1 heterocycles. The first-order valence-electron chi connectivity index (χ1n) is 6.27. The fourth-order valence-electron chi connectivity index (χ4n) is 2.36. The highest BCUT2D eigenvalue weighted by Gasteiger charge is 2.17. The molecule has 0 aliphatic rings. The Kier molecular flexibility index (Phi) is 3.99. The van der Waals surface area contributed by atoms with E-state index in [1.54, 1.807) is 0 Å². The monoisotopic (exact) mass is 428 g/mol. The Balaban J connectivity index is 2.14. The maximum absolute atomic E-state index is 11.4. The largest absolute Gasteiger partial charge is 0.323 e. The van der Waals surface area contributed by atoms with Crippen molar-refractivity contribution in [3.8, 4) is 0 Å². The van der Waals surface area contributed by atoms with Crippen molar-refractivity contribution >= 4 is 54.5 Å². The molecule has 1 aromatic heterocycles. The van der Waals surface area contributed by atoms with Crippen LogP contribution >= 0.6 is 43.5 Å². The lowest BCUT2D eigenvalue weighted by molar-refractivity contribution is 1.14. The van der Waals surface area contributed by atoms with E-state index in [9.17, 15) is 4.79 Å². The fourth-order valence-corrected chi connectivity index (χ4v) is 4.36. The molecule has 108 valence electrons. The second kappa shape index (κ2) is 5.63. The van der Waals surface area contributed by atoms with Crippen molar-refractivity contribution in [3.05, 3.63) is 67.0 Å². The van der Waals surface area contributed by atoms with Crippen molar-refractivity contribution in [3.63, 3.8) is 0 Å². The Morgan fingerprint density at radius 2 is 1.76 bits per heavy atom. The molecule has 0 radical (unpaired) electrons. The van der Waals surface area contributed by atoms with Gasteiger partial charge in [-0.2, -0.15) is 0 Å². The molecule has 3 nitrogen and oxygen atoms in total. The summed E-state index contributed by atoms with van der Waals surface area (Å²) in [5.74, 6) is 0. The fraction of sp³-hybridized carbons (Fsp3) is 0.133. The summed E-state index contributed by atoms with van der Waals surface area (Å²) in [6, 6.07) is 9.69. The Labute approximate surface area is 143 Å². The third-order valence-electron chi connectivity index (χ3n) is 3.41. The summed E-state index contributed by atoms with van der Waals surface area (Å²) in [5, 5.41) is 0.723. The average molecular weight is 431 g/mol. The van der Waals surface area contributed by atoms with Gasteiger partial charge >= 0.3 is 5.69 Å². The third kappa shape index (κ3) is 2.82. The topological polar surface area (TPSA) is 48.6 Å². The summed E-state index contributed by atoms with van der Waals surface area (Å²) in [4.78, 5) is 16.9. The maximum Gasteiger partial charge on any atom is 0.323 e. The molecule has 0 saturated carbocycles. The number of hydrogen-bond acceptors (Lipinski definition) is 1. The summed E-state index contributed by atoms with van der Waals surface area (Å²) in [5.41, 5.74) is 4.65. The van der Waals surface area contributed by atoms with Crippen LogP contribution in [0.25, 0.3) is 11.0 Å². The van der Waals surface area contributed by atoms with E-state index >= 15 is 0 Å². The lowest BCUT2D eigenvalue weighted by Gasteiger charge is -2.15. The van der Waals surface area contributed by atoms with Gasteiger partial charge in [0.05, 0.1) is 15.9 Å². The smallest absolute Gasteiger partial charge is 0.306 e. The summed E-state index contributed by atoms with van der Waals surface area (Å²) in [6.45, 7) is 2.03. The average Bonchev–Trinajstić information content (AvgIpc) is 2.76. The van der Waals surface area contributed by atoms with E-state index in [0.29, 0.717) is 0 Å². The van der Waals surface area contributed by atoms with Crippen LogP contribution in [-0.2, 0) is 0 Å². The number of H-pyrrole nitrogens is 2. The second-order valence-corrected chi connectivity index (χ2v) is 7.07. The first kappa shape index (κ1) is 14.9. The zero-order valence-electron chi connectivity index (χ0n) is 11.0. The highest BCUT2D eigenvalue weighted by atomic mass is 79.9. The maximum atomic E-state index is 11.4. The van der Waals surface area contributed by atoms with Gasteiger partial charge in [0.15, 0.2) is 0 Å². The number of halogens is 3. The molecule has 1 atom stereocenters. The molecule has 2 N–H and O–H groups in total. The van der Waals surface area contributed by atoms with E-state index in [-0.39, 0.29) is 10.5 Å². The van der Waals surface area contributed by atoms with Gasteiger partial charge in [-0.1, -0.05) is 49.5 Å². The van der Waals surface area contributed by atoms with Gasteiger partial charge in [0.1, 0.15) is 0 Å². The molecule has 2 aromatic carbocycles. The molecule has 0 aliphatic carbocycles. The SMILES string of the molecule is Cc1cc(Cl)ccc1C(Br)c1cc2[nH]c(=O)[nH]c2cc1Br. The van der Waals surface area contributed by atoms with Gasteiger partial charge in [-0.05, 0) is 47.9 Å². The highest BCUT2D eigenvalue weighted by Crippen LogP contribution is 2.38. The molecular formula is C15H11Br2ClN2O. The molecule has 3 rings (SSSR count). The first-order valence-corrected chi connectivity index (χ1v) is 8.36. The second-order valence-electron chi connectivity index (χ2n) is 4.86. The number of aromatic nitrogens is 2. The quantitative estimate of drug-likeness (QED) is 0.548. The van der Waals surface area contributed by atoms with Crippen LogP contribution in [0.2, 0.25) is 5.02 Å². The van der Waals surface area contributed by atoms with Gasteiger partial charge in [0.25, 0.3) is 0 Å². The van der Waals surface area contributed by atoms with Crippen LogP contribution < -0.4 is 5.69 Å². The van der Waals surface area contributed by atoms with Gasteiger partial charge in [0, 0.05) is 9.50 Å². The predicted molar refractivity (Wildman–Crippen MR) is 93.6 cm³/mol. The van der Waals surface area contributed by atoms with Gasteiger partial charge in [0.2, 0.25) is 0 Å². The van der Waals surface area contributed by atoms with Gasteiger partial charge in [-0.25, -0.2) is 4.79 Å². The van der Waals surface area contributed by atoms with Gasteiger partial charge in [-0.3, -0.25) is 0 Å². The summed E-state index contributed by atoms with van der Waals surface area (Å²) >= 11 is 13.3. The van der Waals surface area contributed by atoms with Crippen LogP contribution in [0.15, 0.2) is 39.6 Å². The number of aryl methyl sites for hydroxylation is 1. The minimum absolute atomic E-state index is 0.00643. The Morgan fingerprint density at radius 3 is 2.43 bits per heavy atom. The van der Waals surface area contributed by atoms with E-state index in [1.165, 1.54) is 0 Å². The van der Waals surface area contributed by atoms with Crippen LogP contribution in [0.1, 0.15) is 21.5 Å². The number of rotatable bonds is 2. The standard InChI is InChI=1S/C15H11Br2ClN2O/c1-7-4-8(18)2-3-9(7)14(17)10-5-12-13(6-11(10)16)20-15(21)19-12/h2-6,14H,1H3,(H2,19,20,21). The minimum Gasteiger partial charge on any atom is -0.306 e. The predicted octanol–water partition coefficient (Wildman–Crippen LogP) is 5.06. The van der Waals surface area contributed by atoms with Crippen LogP contribution in [0.5, 0.6) is 0 Å². The van der Waals surface area contributed by atoms with E-state index in [2.05, 4.69) is 41.8 Å². The van der Waals surface area contributed by atoms with Crippen molar-refractivity contribution in [2.75, 3.05) is 0 Å². The van der Waals surface area contributed by atoms with Gasteiger partial charge in [-0.15, -0.1) is 0 Å². The first-order chi connectivity index (χ1) is 9.95. The number of imidazole rings is 1. The Morgan fingerprint density at radius 1 is 1.10 bits per heavy atom. The molecule has 0 fully saturated rings. The highest BCUT2D eigenvalue weighted by molar-refractivity contribution is 9.11. The summed E-state index contributed by atoms with van der Waals surface area (Å²) < 4.78 is 0.932. The van der Waals surface area contributed by atoms with Crippen LogP contribution in [-0.4, -0.2) is 9.97 Å². The number of alkyl halides is 1. The molecule has 0 spiro atoms. The van der Waals surface area contributed by atoms with Crippen molar-refractivity contribution in [2.45, 2.75) is 11.8 Å². The van der Waals surface area contributed by atoms with Crippen molar-refractivity contribution in [2.24, 2.45) is 0 Å². The molecule has 6 heteroatoms. The summed E-state index contributed by atoms with van der Waals surface area (Å²) in [7, 11) is 0. The van der Waals surface area contributed by atoms with E-state index in [0.717, 1.165) is 37.2 Å². The molecular weight excluding hydrogens is 419 g/mol. The van der Waals surface area contributed by atoms with Crippen LogP contribution in [0.3, 0.4) is 0 Å². The zero-order valence-corrected chi connectivity index (χ0v) is 14.9. The molecule has 3 aromatic rings. The van der Waals surface area contributed by atoms with Crippen molar-refractivity contribution in [1.29, 1.82) is 0 Å². The number of nitrogens with one attached hydrogen (secondary N) is 2. The van der Waals surface area contributed by atoms with Crippen molar-refractivity contribution in [1.82, 2.24) is 9.97 Å². The number of benzene rings is 2. The number of hydrogen-bond donors (Lipinski definition) is 2. The molecule has 0 amide bonds. The lowest BCUT2D eigenvalue weighted by Crippen LogP contribution is -1.99. The van der Waals surface area contributed by atoms with Gasteiger partial charge < -0.3 is 9.97 Å². The van der Waals surface area contributed by atoms with E-state index in [1.807, 2.05) is 37.3 Å². The molecule has 0 bridgehead atoms. The molecule has 0 saturated heterocycles. The third-order valence-corrected chi connectivity index (χ3v) is 5.32. The zero-order chi connectivity index (χ0) is 15.1. The molecule has 1 unspecified atom stereocenters. The molecule has 0 aliphatic heterocycles. The van der Waals surface area contributed by atoms with Crippen LogP contribution in [0, 0.1) is 6.92 Å². The lowest BCUT2D eigenvalue weighted by atomic mass is 10.00. The summed E-state index contributed by atoms with van der Waals surface area (Å²) in [6.07, 6.45) is 0. The molecule has 21 heavy (non-hydrogen) atoms. The van der Waals surface area contributed by atoms with E-state index < -0.39 is 0 Å². The Bertz CT molecular complexity index is 885. The normalized spacial score (nSPS) is 12.8. The minimum atomic E-state index is -0.206. The Hall–Kier alpha value is -1.04. The van der Waals surface area contributed by atoms with E-state index in [4.69, 9.17) is 11.6 Å². The van der Waals surface area contributed by atoms with Crippen LogP contribution in [0.4, 0.5) is 0 Å². The van der Waals surface area contributed by atoms with Crippen molar-refractivity contribution < 1.29 is 0 Å². The number of fused-ring (bicyclic) bond motifs is 1. The number of aromatic amines is 2.